The lowest BCUT2D eigenvalue weighted by molar-refractivity contribution is -0.345. The molecule has 0 bridgehead atoms. The Hall–Kier alpha value is -1.19. The Morgan fingerprint density at radius 1 is 0.917 bits per heavy atom. The van der Waals surface area contributed by atoms with Crippen molar-refractivity contribution in [3.05, 3.63) is 11.6 Å². The predicted octanol–water partition coefficient (Wildman–Crippen LogP) is 1.96. The third-order valence-corrected chi connectivity index (χ3v) is 14.3. The van der Waals surface area contributed by atoms with Crippen molar-refractivity contribution in [3.63, 3.8) is 0 Å². The summed E-state index contributed by atoms with van der Waals surface area (Å²) >= 11 is 0. The Balaban J connectivity index is 0.971. The van der Waals surface area contributed by atoms with Crippen molar-refractivity contribution >= 4 is 5.97 Å². The van der Waals surface area contributed by atoms with Gasteiger partial charge in [0.25, 0.3) is 0 Å². The van der Waals surface area contributed by atoms with Gasteiger partial charge in [0.15, 0.2) is 12.6 Å². The van der Waals surface area contributed by atoms with Gasteiger partial charge >= 0.3 is 5.97 Å². The minimum absolute atomic E-state index is 0.0388. The van der Waals surface area contributed by atoms with Gasteiger partial charge in [-0.15, -0.1) is 0 Å². The molecular formula is C36H56O12. The zero-order chi connectivity index (χ0) is 34.2. The molecule has 3 aliphatic heterocycles. The van der Waals surface area contributed by atoms with Crippen LogP contribution in [-0.2, 0) is 33.2 Å². The Bertz CT molecular complexity index is 1230. The molecule has 48 heavy (non-hydrogen) atoms. The second-order valence-corrected chi connectivity index (χ2v) is 16.4. The van der Waals surface area contributed by atoms with Crippen molar-refractivity contribution in [2.24, 2.45) is 34.5 Å². The number of carbonyl (C=O) groups excluding carboxylic acids is 1. The van der Waals surface area contributed by atoms with Gasteiger partial charge in [0.1, 0.15) is 37.1 Å². The minimum atomic E-state index is -1.53. The lowest BCUT2D eigenvalue weighted by Gasteiger charge is -2.64. The molecule has 4 saturated carbocycles. The molecular weight excluding hydrogens is 624 g/mol. The summed E-state index contributed by atoms with van der Waals surface area (Å²) < 4.78 is 35.6. The number of aliphatic hydroxyl groups is 5. The molecule has 2 saturated heterocycles. The zero-order valence-electron chi connectivity index (χ0n) is 28.7. The number of esters is 1. The fraction of sp³-hybridized carbons (Fsp3) is 0.917. The van der Waals surface area contributed by atoms with Gasteiger partial charge in [-0.25, -0.2) is 4.79 Å². The first-order valence-corrected chi connectivity index (χ1v) is 18.2. The van der Waals surface area contributed by atoms with Crippen molar-refractivity contribution in [3.8, 4) is 0 Å². The number of hydrogen-bond donors (Lipinski definition) is 5. The van der Waals surface area contributed by atoms with E-state index in [-0.39, 0.29) is 34.7 Å². The molecule has 272 valence electrons. The predicted molar refractivity (Wildman–Crippen MR) is 169 cm³/mol. The van der Waals surface area contributed by atoms with E-state index in [0.717, 1.165) is 63.4 Å². The highest BCUT2D eigenvalue weighted by molar-refractivity contribution is 5.85. The van der Waals surface area contributed by atoms with Crippen LogP contribution in [-0.4, -0.2) is 119 Å². The molecule has 3 heterocycles. The van der Waals surface area contributed by atoms with Crippen LogP contribution >= 0.6 is 0 Å². The number of carbonyl (C=O) groups is 1. The summed E-state index contributed by atoms with van der Waals surface area (Å²) in [7, 11) is 1.58. The molecule has 12 nitrogen and oxygen atoms in total. The monoisotopic (exact) mass is 680 g/mol. The Morgan fingerprint density at radius 3 is 2.42 bits per heavy atom. The molecule has 7 aliphatic rings. The largest absolute Gasteiger partial charge is 0.458 e. The topological polar surface area (TPSA) is 174 Å². The number of methoxy groups -OCH3 is 1. The molecule has 6 fully saturated rings. The molecule has 17 atom stereocenters. The molecule has 0 spiro atoms. The highest BCUT2D eigenvalue weighted by Gasteiger charge is 2.67. The van der Waals surface area contributed by atoms with Crippen LogP contribution in [0.1, 0.15) is 85.0 Å². The van der Waals surface area contributed by atoms with Crippen LogP contribution in [0, 0.1) is 34.5 Å². The first-order chi connectivity index (χ1) is 22.8. The number of hydrogen-bond acceptors (Lipinski definition) is 12. The van der Waals surface area contributed by atoms with E-state index < -0.39 is 67.5 Å². The van der Waals surface area contributed by atoms with Crippen molar-refractivity contribution in [2.75, 3.05) is 20.3 Å². The van der Waals surface area contributed by atoms with Gasteiger partial charge in [-0.1, -0.05) is 13.8 Å². The van der Waals surface area contributed by atoms with E-state index in [4.69, 9.17) is 28.4 Å². The van der Waals surface area contributed by atoms with E-state index in [1.807, 2.05) is 6.92 Å². The summed E-state index contributed by atoms with van der Waals surface area (Å²) in [5.74, 6) is 1.14. The molecule has 0 aromatic rings. The number of aliphatic hydroxyl groups excluding tert-OH is 4. The number of fused-ring (bicyclic) bond motifs is 5. The molecule has 0 amide bonds. The molecule has 0 unspecified atom stereocenters. The van der Waals surface area contributed by atoms with Crippen LogP contribution in [0.3, 0.4) is 0 Å². The Morgan fingerprint density at radius 2 is 1.71 bits per heavy atom. The second-order valence-electron chi connectivity index (χ2n) is 16.4. The number of rotatable bonds is 7. The van der Waals surface area contributed by atoms with Gasteiger partial charge in [0, 0.05) is 25.0 Å². The highest BCUT2D eigenvalue weighted by atomic mass is 16.7. The van der Waals surface area contributed by atoms with Crippen molar-refractivity contribution < 1.29 is 58.7 Å². The summed E-state index contributed by atoms with van der Waals surface area (Å²) in [5.41, 5.74) is 0.221. The van der Waals surface area contributed by atoms with Crippen LogP contribution in [0.2, 0.25) is 0 Å². The van der Waals surface area contributed by atoms with Gasteiger partial charge in [-0.3, -0.25) is 0 Å². The standard InChI is InChI=1S/C36H56O12/c1-18-32(48-33-31(41)30(40)29(39)26(16-37)47-33)25(43-4)15-28(45-18)46-21-7-10-34(2)20(14-21)5-6-24-23(34)8-11-35(3)22(9-12-36(24,35)42)19-13-27(38)44-17-19/h13,18,20-26,28-33,37,39-42H,5-12,14-17H2,1-4H3/t18-,20+,21+,22+,23+,24-,25-,26-,28+,29-,30+,31-,32+,33+,34+,35-,36+/m1/s1. The van der Waals surface area contributed by atoms with E-state index >= 15 is 0 Å². The molecule has 0 aromatic heterocycles. The SMILES string of the molecule is CO[C@@H]1C[C@H](O[C@H]2CC[C@@]3(C)[C@@H](CC[C@@H]4[C@@H]3CC[C@]3(C)[C@H](C5=CC(=O)OC5)CC[C@]43O)C2)O[C@H](C)[C@@H]1O[C@@H]1O[C@H](CO)[C@@H](O)[C@H](O)[C@H]1O. The molecule has 12 heteroatoms. The van der Waals surface area contributed by atoms with Crippen molar-refractivity contribution in [2.45, 2.75) is 152 Å². The third-order valence-electron chi connectivity index (χ3n) is 14.3. The second kappa shape index (κ2) is 13.1. The quantitative estimate of drug-likeness (QED) is 0.196. The van der Waals surface area contributed by atoms with Crippen molar-refractivity contribution in [1.29, 1.82) is 0 Å². The van der Waals surface area contributed by atoms with E-state index in [0.29, 0.717) is 24.9 Å². The normalized spacial score (nSPS) is 53.8. The molecule has 4 aliphatic carbocycles. The van der Waals surface area contributed by atoms with Crippen LogP contribution < -0.4 is 0 Å². The summed E-state index contributed by atoms with van der Waals surface area (Å²) in [5, 5.41) is 52.9. The average Bonchev–Trinajstić information content (AvgIpc) is 3.61. The Labute approximate surface area is 283 Å². The summed E-state index contributed by atoms with van der Waals surface area (Å²) in [6, 6.07) is 0. The molecule has 0 radical (unpaired) electrons. The van der Waals surface area contributed by atoms with Crippen LogP contribution in [0.15, 0.2) is 11.6 Å². The van der Waals surface area contributed by atoms with Gasteiger partial charge in [-0.2, -0.15) is 0 Å². The summed E-state index contributed by atoms with van der Waals surface area (Å²) in [6.45, 7) is 6.40. The first kappa shape index (κ1) is 35.2. The lowest BCUT2D eigenvalue weighted by atomic mass is 9.43. The maximum absolute atomic E-state index is 12.5. The van der Waals surface area contributed by atoms with Crippen LogP contribution in [0.25, 0.3) is 0 Å². The van der Waals surface area contributed by atoms with Crippen molar-refractivity contribution in [1.82, 2.24) is 0 Å². The highest BCUT2D eigenvalue weighted by Crippen LogP contribution is 2.70. The lowest BCUT2D eigenvalue weighted by Crippen LogP contribution is -2.62. The van der Waals surface area contributed by atoms with Gasteiger partial charge in [-0.05, 0) is 99.4 Å². The van der Waals surface area contributed by atoms with Crippen LogP contribution in [0.5, 0.6) is 0 Å². The third kappa shape index (κ3) is 5.61. The fourth-order valence-corrected chi connectivity index (χ4v) is 11.6. The van der Waals surface area contributed by atoms with E-state index in [1.54, 1.807) is 13.2 Å². The van der Waals surface area contributed by atoms with E-state index in [2.05, 4.69) is 13.8 Å². The average molecular weight is 681 g/mol. The molecule has 0 aromatic carbocycles. The fourth-order valence-electron chi connectivity index (χ4n) is 11.6. The maximum Gasteiger partial charge on any atom is 0.331 e. The zero-order valence-corrected chi connectivity index (χ0v) is 28.7. The van der Waals surface area contributed by atoms with Crippen LogP contribution in [0.4, 0.5) is 0 Å². The van der Waals surface area contributed by atoms with Gasteiger partial charge in [0.05, 0.1) is 30.5 Å². The Kier molecular flexibility index (Phi) is 9.61. The molecule has 7 rings (SSSR count). The maximum atomic E-state index is 12.5. The molecule has 5 N–H and O–H groups in total. The van der Waals surface area contributed by atoms with Gasteiger partial charge < -0.3 is 54.0 Å². The van der Waals surface area contributed by atoms with E-state index in [9.17, 15) is 30.3 Å². The summed E-state index contributed by atoms with van der Waals surface area (Å²) in [6.07, 6.45) is 1.91. The summed E-state index contributed by atoms with van der Waals surface area (Å²) in [4.78, 5) is 11.9. The smallest absolute Gasteiger partial charge is 0.331 e. The van der Waals surface area contributed by atoms with Gasteiger partial charge in [0.2, 0.25) is 0 Å². The number of cyclic esters (lactones) is 1. The van der Waals surface area contributed by atoms with E-state index in [1.165, 1.54) is 0 Å². The number of ether oxygens (including phenoxy) is 6. The minimum Gasteiger partial charge on any atom is -0.458 e. The first-order valence-electron chi connectivity index (χ1n) is 18.2.